The molecule has 0 unspecified atom stereocenters. The Kier molecular flexibility index (Phi) is 3.15. The van der Waals surface area contributed by atoms with Crippen LogP contribution in [0.1, 0.15) is 5.01 Å². The van der Waals surface area contributed by atoms with Crippen LogP contribution in [0.2, 0.25) is 0 Å². The van der Waals surface area contributed by atoms with E-state index in [1.54, 1.807) is 18.4 Å². The molecule has 20 heavy (non-hydrogen) atoms. The molecule has 0 fully saturated rings. The summed E-state index contributed by atoms with van der Waals surface area (Å²) < 4.78 is 10.4. The van der Waals surface area contributed by atoms with Crippen LogP contribution in [0.3, 0.4) is 0 Å². The molecular formula is C14H13N3O2S. The SMILES string of the molecule is COc1cccc(-c2c(-c3csc(C)n3)noc2N)c1. The molecule has 0 aliphatic heterocycles. The Morgan fingerprint density at radius 1 is 1.35 bits per heavy atom. The molecule has 102 valence electrons. The fourth-order valence-corrected chi connectivity index (χ4v) is 2.60. The van der Waals surface area contributed by atoms with Crippen LogP contribution >= 0.6 is 11.3 Å². The number of ether oxygens (including phenoxy) is 1. The maximum absolute atomic E-state index is 5.91. The van der Waals surface area contributed by atoms with Crippen LogP contribution in [0.5, 0.6) is 5.75 Å². The molecule has 0 aliphatic rings. The van der Waals surface area contributed by atoms with Crippen LogP contribution in [0.25, 0.3) is 22.5 Å². The Labute approximate surface area is 120 Å². The Morgan fingerprint density at radius 2 is 2.20 bits per heavy atom. The molecule has 0 atom stereocenters. The van der Waals surface area contributed by atoms with Crippen molar-refractivity contribution in [3.63, 3.8) is 0 Å². The molecule has 0 radical (unpaired) electrons. The van der Waals surface area contributed by atoms with Gasteiger partial charge in [0.15, 0.2) is 0 Å². The van der Waals surface area contributed by atoms with Gasteiger partial charge in [-0.15, -0.1) is 11.3 Å². The summed E-state index contributed by atoms with van der Waals surface area (Å²) >= 11 is 1.56. The van der Waals surface area contributed by atoms with Crippen LogP contribution in [0.4, 0.5) is 5.88 Å². The van der Waals surface area contributed by atoms with Crippen LogP contribution in [-0.2, 0) is 0 Å². The predicted molar refractivity (Wildman–Crippen MR) is 78.7 cm³/mol. The number of hydrogen-bond donors (Lipinski definition) is 1. The Bertz CT molecular complexity index is 748. The first kappa shape index (κ1) is 12.7. The number of thiazole rings is 1. The number of aryl methyl sites for hydroxylation is 1. The molecule has 3 rings (SSSR count). The quantitative estimate of drug-likeness (QED) is 0.799. The number of rotatable bonds is 3. The van der Waals surface area contributed by atoms with Gasteiger partial charge in [-0.25, -0.2) is 4.98 Å². The predicted octanol–water partition coefficient (Wildman–Crippen LogP) is 3.36. The van der Waals surface area contributed by atoms with Crippen molar-refractivity contribution in [2.24, 2.45) is 0 Å². The zero-order valence-electron chi connectivity index (χ0n) is 11.1. The van der Waals surface area contributed by atoms with Gasteiger partial charge in [-0.1, -0.05) is 17.3 Å². The van der Waals surface area contributed by atoms with E-state index < -0.39 is 0 Å². The van der Waals surface area contributed by atoms with Gasteiger partial charge in [-0.05, 0) is 24.6 Å². The lowest BCUT2D eigenvalue weighted by Crippen LogP contribution is -1.89. The molecule has 2 heterocycles. The van der Waals surface area contributed by atoms with E-state index >= 15 is 0 Å². The lowest BCUT2D eigenvalue weighted by atomic mass is 10.0. The summed E-state index contributed by atoms with van der Waals surface area (Å²) in [6, 6.07) is 7.61. The highest BCUT2D eigenvalue weighted by atomic mass is 32.1. The van der Waals surface area contributed by atoms with E-state index in [0.717, 1.165) is 27.6 Å². The van der Waals surface area contributed by atoms with Crippen LogP contribution in [-0.4, -0.2) is 17.3 Å². The summed E-state index contributed by atoms with van der Waals surface area (Å²) in [5.74, 6) is 1.03. The number of nitrogen functional groups attached to an aromatic ring is 1. The standard InChI is InChI=1S/C14H13N3O2S/c1-8-16-11(7-20-8)13-12(14(15)19-17-13)9-4-3-5-10(6-9)18-2/h3-7H,15H2,1-2H3. The second-order valence-corrected chi connectivity index (χ2v) is 5.32. The summed E-state index contributed by atoms with van der Waals surface area (Å²) in [5.41, 5.74) is 8.97. The number of anilines is 1. The summed E-state index contributed by atoms with van der Waals surface area (Å²) in [4.78, 5) is 4.43. The molecule has 0 saturated heterocycles. The zero-order valence-corrected chi connectivity index (χ0v) is 11.9. The first-order valence-corrected chi connectivity index (χ1v) is 6.89. The van der Waals surface area contributed by atoms with Crippen molar-refractivity contribution in [2.75, 3.05) is 12.8 Å². The molecule has 3 aromatic rings. The van der Waals surface area contributed by atoms with Crippen molar-refractivity contribution in [3.05, 3.63) is 34.7 Å². The smallest absolute Gasteiger partial charge is 0.230 e. The van der Waals surface area contributed by atoms with E-state index in [1.807, 2.05) is 36.6 Å². The number of methoxy groups -OCH3 is 1. The van der Waals surface area contributed by atoms with Gasteiger partial charge in [0.05, 0.1) is 17.7 Å². The maximum atomic E-state index is 5.91. The van der Waals surface area contributed by atoms with E-state index in [0.29, 0.717) is 5.69 Å². The molecule has 0 saturated carbocycles. The average molecular weight is 287 g/mol. The average Bonchev–Trinajstić information content (AvgIpc) is 3.05. The van der Waals surface area contributed by atoms with Gasteiger partial charge in [0.2, 0.25) is 5.88 Å². The maximum Gasteiger partial charge on any atom is 0.230 e. The number of benzene rings is 1. The normalized spacial score (nSPS) is 10.7. The van der Waals surface area contributed by atoms with Crippen LogP contribution < -0.4 is 10.5 Å². The third kappa shape index (κ3) is 2.14. The lowest BCUT2D eigenvalue weighted by molar-refractivity contribution is 0.415. The van der Waals surface area contributed by atoms with E-state index in [-0.39, 0.29) is 5.88 Å². The van der Waals surface area contributed by atoms with Gasteiger partial charge in [0.1, 0.15) is 17.1 Å². The second kappa shape index (κ2) is 4.97. The summed E-state index contributed by atoms with van der Waals surface area (Å²) in [6.07, 6.45) is 0. The summed E-state index contributed by atoms with van der Waals surface area (Å²) in [7, 11) is 1.63. The number of nitrogens with zero attached hydrogens (tertiary/aromatic N) is 2. The molecule has 0 bridgehead atoms. The van der Waals surface area contributed by atoms with E-state index in [4.69, 9.17) is 15.0 Å². The minimum absolute atomic E-state index is 0.277. The van der Waals surface area contributed by atoms with E-state index in [1.165, 1.54) is 0 Å². The van der Waals surface area contributed by atoms with Crippen LogP contribution in [0.15, 0.2) is 34.2 Å². The monoisotopic (exact) mass is 287 g/mol. The highest BCUT2D eigenvalue weighted by Gasteiger charge is 2.19. The van der Waals surface area contributed by atoms with Crippen molar-refractivity contribution in [1.29, 1.82) is 0 Å². The third-order valence-corrected chi connectivity index (χ3v) is 3.71. The zero-order chi connectivity index (χ0) is 14.1. The van der Waals surface area contributed by atoms with Crippen molar-refractivity contribution in [3.8, 4) is 28.3 Å². The van der Waals surface area contributed by atoms with Gasteiger partial charge >= 0.3 is 0 Å². The number of nitrogens with two attached hydrogens (primary N) is 1. The summed E-state index contributed by atoms with van der Waals surface area (Å²) in [6.45, 7) is 1.95. The highest BCUT2D eigenvalue weighted by molar-refractivity contribution is 7.09. The molecule has 0 amide bonds. The largest absolute Gasteiger partial charge is 0.497 e. The molecule has 5 nitrogen and oxygen atoms in total. The Morgan fingerprint density at radius 3 is 2.90 bits per heavy atom. The molecule has 6 heteroatoms. The number of hydrogen-bond acceptors (Lipinski definition) is 6. The van der Waals surface area contributed by atoms with Gasteiger partial charge in [-0.2, -0.15) is 0 Å². The fraction of sp³-hybridized carbons (Fsp3) is 0.143. The van der Waals surface area contributed by atoms with E-state index in [2.05, 4.69) is 10.1 Å². The van der Waals surface area contributed by atoms with Crippen molar-refractivity contribution in [2.45, 2.75) is 6.92 Å². The topological polar surface area (TPSA) is 74.2 Å². The lowest BCUT2D eigenvalue weighted by Gasteiger charge is -2.04. The number of aromatic nitrogens is 2. The Hall–Kier alpha value is -2.34. The molecule has 1 aromatic carbocycles. The van der Waals surface area contributed by atoms with Gasteiger partial charge in [-0.3, -0.25) is 0 Å². The van der Waals surface area contributed by atoms with Crippen molar-refractivity contribution in [1.82, 2.24) is 10.1 Å². The van der Waals surface area contributed by atoms with Crippen molar-refractivity contribution < 1.29 is 9.26 Å². The van der Waals surface area contributed by atoms with Gasteiger partial charge in [0, 0.05) is 5.38 Å². The molecule has 0 aliphatic carbocycles. The highest BCUT2D eigenvalue weighted by Crippen LogP contribution is 2.37. The Balaban J connectivity index is 2.15. The summed E-state index contributed by atoms with van der Waals surface area (Å²) in [5, 5.41) is 6.95. The van der Waals surface area contributed by atoms with Gasteiger partial charge < -0.3 is 15.0 Å². The van der Waals surface area contributed by atoms with Crippen LogP contribution in [0, 0.1) is 6.92 Å². The van der Waals surface area contributed by atoms with Crippen molar-refractivity contribution >= 4 is 17.2 Å². The third-order valence-electron chi connectivity index (χ3n) is 2.94. The molecular weight excluding hydrogens is 274 g/mol. The first-order chi connectivity index (χ1) is 9.69. The van der Waals surface area contributed by atoms with E-state index in [9.17, 15) is 0 Å². The second-order valence-electron chi connectivity index (χ2n) is 4.25. The first-order valence-electron chi connectivity index (χ1n) is 6.01. The fourth-order valence-electron chi connectivity index (χ4n) is 2.01. The molecule has 0 spiro atoms. The van der Waals surface area contributed by atoms with Gasteiger partial charge in [0.25, 0.3) is 0 Å². The minimum atomic E-state index is 0.277. The molecule has 2 N–H and O–H groups in total. The minimum Gasteiger partial charge on any atom is -0.497 e. The molecule has 2 aromatic heterocycles.